The molecule has 118 valence electrons. The number of carbonyl (C=O) groups is 1. The average molecular weight is 402 g/mol. The zero-order valence-corrected chi connectivity index (χ0v) is 14.7. The van der Waals surface area contributed by atoms with E-state index in [1.165, 1.54) is 0 Å². The molecule has 0 spiro atoms. The van der Waals surface area contributed by atoms with Gasteiger partial charge in [-0.2, -0.15) is 0 Å². The minimum atomic E-state index is -4.17. The van der Waals surface area contributed by atoms with Gasteiger partial charge in [0.15, 0.2) is 0 Å². The molecule has 0 N–H and O–H groups in total. The lowest BCUT2D eigenvalue weighted by molar-refractivity contribution is 0.0441. The molecule has 1 atom stereocenters. The topological polar surface area (TPSA) is 60.4 Å². The molecule has 21 heavy (non-hydrogen) atoms. The van der Waals surface area contributed by atoms with Crippen molar-refractivity contribution in [1.29, 1.82) is 0 Å². The van der Waals surface area contributed by atoms with Crippen molar-refractivity contribution in [2.24, 2.45) is 5.92 Å². The van der Waals surface area contributed by atoms with Crippen LogP contribution in [-0.2, 0) is 13.8 Å². The highest BCUT2D eigenvalue weighted by molar-refractivity contribution is 9.10. The van der Waals surface area contributed by atoms with E-state index in [4.69, 9.17) is 15.4 Å². The number of hydrogen-bond acceptors (Lipinski definition) is 4. The van der Waals surface area contributed by atoms with E-state index in [-0.39, 0.29) is 22.6 Å². The van der Waals surface area contributed by atoms with Crippen molar-refractivity contribution in [1.82, 2.24) is 0 Å². The van der Waals surface area contributed by atoms with Crippen molar-refractivity contribution in [2.45, 2.75) is 31.6 Å². The highest BCUT2D eigenvalue weighted by Crippen LogP contribution is 2.30. The van der Waals surface area contributed by atoms with Crippen LogP contribution in [-0.4, -0.2) is 21.0 Å². The highest BCUT2D eigenvalue weighted by Gasteiger charge is 2.23. The van der Waals surface area contributed by atoms with Gasteiger partial charge in [0.1, 0.15) is 10.7 Å². The molecule has 4 nitrogen and oxygen atoms in total. The Balaban J connectivity index is 3.03. The lowest BCUT2D eigenvalue weighted by atomic mass is 10.1. The fourth-order valence-corrected chi connectivity index (χ4v) is 4.01. The van der Waals surface area contributed by atoms with E-state index in [0.717, 1.165) is 25.0 Å². The molecule has 0 aliphatic heterocycles. The third-order valence-electron chi connectivity index (χ3n) is 2.77. The highest BCUT2D eigenvalue weighted by atomic mass is 79.9. The second kappa shape index (κ2) is 7.56. The third kappa shape index (κ3) is 5.23. The van der Waals surface area contributed by atoms with Crippen LogP contribution in [0, 0.1) is 11.7 Å². The molecule has 0 saturated carbocycles. The summed E-state index contributed by atoms with van der Waals surface area (Å²) in [5, 5.41) is 0. The zero-order chi connectivity index (χ0) is 16.2. The fraction of sp³-hybridized carbons (Fsp3) is 0.462. The second-order valence-corrected chi connectivity index (χ2v) is 8.02. The van der Waals surface area contributed by atoms with Crippen LogP contribution < -0.4 is 0 Å². The van der Waals surface area contributed by atoms with Gasteiger partial charge in [0.05, 0.1) is 16.6 Å². The van der Waals surface area contributed by atoms with Crippen molar-refractivity contribution < 1.29 is 22.3 Å². The minimum absolute atomic E-state index is 0.105. The van der Waals surface area contributed by atoms with E-state index in [1.54, 1.807) is 0 Å². The van der Waals surface area contributed by atoms with Crippen LogP contribution in [0.25, 0.3) is 0 Å². The number of ether oxygens (including phenoxy) is 1. The van der Waals surface area contributed by atoms with Crippen LogP contribution >= 0.6 is 26.6 Å². The molecule has 0 heterocycles. The van der Waals surface area contributed by atoms with Crippen molar-refractivity contribution >= 4 is 41.6 Å². The Labute approximate surface area is 136 Å². The molecule has 1 rings (SSSR count). The van der Waals surface area contributed by atoms with E-state index in [2.05, 4.69) is 15.9 Å². The Hall–Kier alpha value is -0.660. The van der Waals surface area contributed by atoms with Gasteiger partial charge in [-0.3, -0.25) is 0 Å². The van der Waals surface area contributed by atoms with Gasteiger partial charge in [0.25, 0.3) is 9.05 Å². The number of esters is 1. The van der Waals surface area contributed by atoms with Gasteiger partial charge >= 0.3 is 5.97 Å². The molecule has 0 saturated heterocycles. The molecule has 1 unspecified atom stereocenters. The van der Waals surface area contributed by atoms with Crippen LogP contribution in [0.1, 0.15) is 37.0 Å². The first-order chi connectivity index (χ1) is 9.66. The summed E-state index contributed by atoms with van der Waals surface area (Å²) in [5.41, 5.74) is -0.210. The number of hydrogen-bond donors (Lipinski definition) is 0. The maximum atomic E-state index is 13.5. The monoisotopic (exact) mass is 400 g/mol. The van der Waals surface area contributed by atoms with Gasteiger partial charge in [0.2, 0.25) is 0 Å². The van der Waals surface area contributed by atoms with Crippen molar-refractivity contribution in [3.05, 3.63) is 28.0 Å². The molecule has 0 amide bonds. The first-order valence-corrected chi connectivity index (χ1v) is 9.37. The first kappa shape index (κ1) is 18.4. The molecular formula is C13H15BrClFO4S. The number of benzene rings is 1. The summed E-state index contributed by atoms with van der Waals surface area (Å²) < 4.78 is 41.1. The third-order valence-corrected chi connectivity index (χ3v) is 5.23. The first-order valence-electron chi connectivity index (χ1n) is 6.27. The summed E-state index contributed by atoms with van der Waals surface area (Å²) in [5.74, 6) is -1.51. The van der Waals surface area contributed by atoms with Gasteiger partial charge in [-0.25, -0.2) is 17.6 Å². The predicted octanol–water partition coefficient (Wildman–Crippen LogP) is 4.11. The maximum Gasteiger partial charge on any atom is 0.339 e. The maximum absolute atomic E-state index is 13.5. The van der Waals surface area contributed by atoms with Crippen LogP contribution in [0.3, 0.4) is 0 Å². The summed E-state index contributed by atoms with van der Waals surface area (Å²) in [7, 11) is 1.03. The standard InChI is InChI=1S/C13H15BrClFO4S/c1-3-4-8(2)7-20-13(17)10-5-9(16)6-11(12(10)14)21(15,18)19/h5-6,8H,3-4,7H2,1-2H3. The van der Waals surface area contributed by atoms with Gasteiger partial charge < -0.3 is 4.74 Å². The number of halogens is 3. The van der Waals surface area contributed by atoms with Gasteiger partial charge in [-0.05, 0) is 40.4 Å². The Bertz CT molecular complexity index is 633. The van der Waals surface area contributed by atoms with Crippen LogP contribution in [0.5, 0.6) is 0 Å². The molecule has 0 aliphatic rings. The Morgan fingerprint density at radius 3 is 2.62 bits per heavy atom. The largest absolute Gasteiger partial charge is 0.462 e. The molecule has 0 aromatic heterocycles. The van der Waals surface area contributed by atoms with Crippen LogP contribution in [0.15, 0.2) is 21.5 Å². The fourth-order valence-electron chi connectivity index (χ4n) is 1.76. The SMILES string of the molecule is CCCC(C)COC(=O)c1cc(F)cc(S(=O)(=O)Cl)c1Br. The van der Waals surface area contributed by atoms with Crippen LogP contribution in [0.2, 0.25) is 0 Å². The van der Waals surface area contributed by atoms with Gasteiger partial charge in [-0.15, -0.1) is 0 Å². The quantitative estimate of drug-likeness (QED) is 0.532. The summed E-state index contributed by atoms with van der Waals surface area (Å²) in [4.78, 5) is 11.4. The lowest BCUT2D eigenvalue weighted by Gasteiger charge is -2.12. The molecule has 0 aliphatic carbocycles. The van der Waals surface area contributed by atoms with Crippen molar-refractivity contribution in [3.8, 4) is 0 Å². The Morgan fingerprint density at radius 1 is 1.48 bits per heavy atom. The smallest absolute Gasteiger partial charge is 0.339 e. The van der Waals surface area contributed by atoms with E-state index in [1.807, 2.05) is 13.8 Å². The van der Waals surface area contributed by atoms with Gasteiger partial charge in [0, 0.05) is 10.7 Å². The summed E-state index contributed by atoms with van der Waals surface area (Å²) in [6, 6.07) is 1.64. The molecular weight excluding hydrogens is 387 g/mol. The van der Waals surface area contributed by atoms with Crippen molar-refractivity contribution in [2.75, 3.05) is 6.61 Å². The zero-order valence-electron chi connectivity index (χ0n) is 11.5. The summed E-state index contributed by atoms with van der Waals surface area (Å²) in [6.45, 7) is 4.11. The number of carbonyl (C=O) groups excluding carboxylic acids is 1. The molecule has 0 fully saturated rings. The average Bonchev–Trinajstić information content (AvgIpc) is 2.37. The second-order valence-electron chi connectivity index (χ2n) is 4.70. The van der Waals surface area contributed by atoms with Crippen LogP contribution in [0.4, 0.5) is 4.39 Å². The number of rotatable bonds is 6. The molecule has 0 bridgehead atoms. The summed E-state index contributed by atoms with van der Waals surface area (Å²) >= 11 is 2.96. The van der Waals surface area contributed by atoms with E-state index in [0.29, 0.717) is 0 Å². The van der Waals surface area contributed by atoms with E-state index >= 15 is 0 Å². The lowest BCUT2D eigenvalue weighted by Crippen LogP contribution is -2.13. The molecule has 1 aromatic carbocycles. The molecule has 8 heteroatoms. The van der Waals surface area contributed by atoms with Crippen molar-refractivity contribution in [3.63, 3.8) is 0 Å². The summed E-state index contributed by atoms with van der Waals surface area (Å²) in [6.07, 6.45) is 1.84. The Kier molecular flexibility index (Phi) is 6.62. The molecule has 0 radical (unpaired) electrons. The normalized spacial score (nSPS) is 13.0. The predicted molar refractivity (Wildman–Crippen MR) is 81.5 cm³/mol. The van der Waals surface area contributed by atoms with Gasteiger partial charge in [-0.1, -0.05) is 20.3 Å². The minimum Gasteiger partial charge on any atom is -0.462 e. The molecule has 1 aromatic rings. The van der Waals surface area contributed by atoms with E-state index in [9.17, 15) is 17.6 Å². The van der Waals surface area contributed by atoms with E-state index < -0.39 is 25.7 Å². The Morgan fingerprint density at radius 2 is 2.10 bits per heavy atom.